The lowest BCUT2D eigenvalue weighted by Gasteiger charge is -2.15. The van der Waals surface area contributed by atoms with Crippen molar-refractivity contribution in [3.63, 3.8) is 0 Å². The molecule has 3 heterocycles. The second kappa shape index (κ2) is 0.757. The summed E-state index contributed by atoms with van der Waals surface area (Å²) in [5.41, 5.74) is 0. The van der Waals surface area contributed by atoms with E-state index in [9.17, 15) is 0 Å². The maximum Gasteiger partial charge on any atom is 0.0682 e. The van der Waals surface area contributed by atoms with E-state index < -0.39 is 0 Å². The summed E-state index contributed by atoms with van der Waals surface area (Å²) in [5.74, 6) is 1.22. The van der Waals surface area contributed by atoms with Crippen LogP contribution in [0.1, 0.15) is 0 Å². The Labute approximate surface area is 41.0 Å². The molecule has 0 aromatic carbocycles. The van der Waals surface area contributed by atoms with Crippen molar-refractivity contribution in [2.45, 2.75) is 0 Å². The molecule has 1 nitrogen and oxygen atoms in total. The van der Waals surface area contributed by atoms with E-state index >= 15 is 0 Å². The fourth-order valence-corrected chi connectivity index (χ4v) is 1.69. The molecular weight excluding hydrogens is 94.1 g/mol. The van der Waals surface area contributed by atoms with Crippen LogP contribution >= 0.6 is 11.8 Å². The Kier molecular flexibility index (Phi) is 0.374. The number of fused-ring (bicyclic) bond motifs is 1. The molecule has 1 saturated heterocycles. The fourth-order valence-electron chi connectivity index (χ4n) is 0.709. The van der Waals surface area contributed by atoms with Crippen LogP contribution in [-0.2, 0) is 0 Å². The monoisotopic (exact) mass is 99.0 g/mol. The number of hydrogen-bond acceptors (Lipinski definition) is 2. The summed E-state index contributed by atoms with van der Waals surface area (Å²) in [7, 11) is 0. The Bertz CT molecular complexity index is 104. The van der Waals surface area contributed by atoms with Crippen LogP contribution in [0.5, 0.6) is 0 Å². The number of rotatable bonds is 0. The Hall–Kier alpha value is -0.110. The molecule has 0 aliphatic carbocycles. The van der Waals surface area contributed by atoms with Crippen LogP contribution in [-0.4, -0.2) is 17.3 Å². The van der Waals surface area contributed by atoms with Crippen LogP contribution in [0, 0.1) is 0 Å². The summed E-state index contributed by atoms with van der Waals surface area (Å²) in [5, 5.41) is 0. The van der Waals surface area contributed by atoms with Gasteiger partial charge in [-0.25, -0.2) is 0 Å². The van der Waals surface area contributed by atoms with Crippen LogP contribution in [0.15, 0.2) is 11.1 Å². The van der Waals surface area contributed by atoms with E-state index in [1.54, 1.807) is 4.91 Å². The molecule has 2 bridgehead atoms. The summed E-state index contributed by atoms with van der Waals surface area (Å²) in [6.45, 7) is 1.24. The van der Waals surface area contributed by atoms with Gasteiger partial charge in [0.2, 0.25) is 0 Å². The van der Waals surface area contributed by atoms with Gasteiger partial charge in [0.1, 0.15) is 0 Å². The Morgan fingerprint density at radius 2 is 2.67 bits per heavy atom. The van der Waals surface area contributed by atoms with Gasteiger partial charge in [-0.3, -0.25) is 0 Å². The van der Waals surface area contributed by atoms with E-state index in [1.165, 1.54) is 12.4 Å². The molecule has 0 amide bonds. The van der Waals surface area contributed by atoms with Crippen LogP contribution in [0.3, 0.4) is 0 Å². The molecule has 0 atom stereocenters. The number of nitrogens with zero attached hydrogens (tertiary/aromatic N) is 1. The molecule has 0 aromatic heterocycles. The molecule has 3 aliphatic heterocycles. The molecular formula is C4H5NS. The minimum absolute atomic E-state index is 1.22. The second-order valence-corrected chi connectivity index (χ2v) is 2.69. The molecule has 32 valence electrons. The van der Waals surface area contributed by atoms with Gasteiger partial charge in [0, 0.05) is 11.1 Å². The predicted octanol–water partition coefficient (Wildman–Crippen LogP) is 0.848. The quantitative estimate of drug-likeness (QED) is 0.443. The first kappa shape index (κ1) is 2.97. The molecule has 2 heteroatoms. The van der Waals surface area contributed by atoms with Crippen molar-refractivity contribution in [3.8, 4) is 0 Å². The van der Waals surface area contributed by atoms with Crippen molar-refractivity contribution in [2.24, 2.45) is 0 Å². The van der Waals surface area contributed by atoms with Gasteiger partial charge >= 0.3 is 0 Å². The molecule has 0 aromatic rings. The van der Waals surface area contributed by atoms with Gasteiger partial charge in [-0.2, -0.15) is 0 Å². The van der Waals surface area contributed by atoms with Gasteiger partial charge in [-0.1, -0.05) is 0 Å². The first-order chi connectivity index (χ1) is 2.95. The third-order valence-corrected chi connectivity index (χ3v) is 2.17. The highest BCUT2D eigenvalue weighted by Crippen LogP contribution is 2.34. The lowest BCUT2D eigenvalue weighted by Crippen LogP contribution is -2.17. The van der Waals surface area contributed by atoms with Gasteiger partial charge in [-0.15, -0.1) is 11.8 Å². The molecule has 0 spiro atoms. The van der Waals surface area contributed by atoms with Crippen LogP contribution in [0.25, 0.3) is 0 Å². The first-order valence-electron chi connectivity index (χ1n) is 2.03. The van der Waals surface area contributed by atoms with E-state index in [0.29, 0.717) is 0 Å². The number of thioether (sulfide) groups is 1. The summed E-state index contributed by atoms with van der Waals surface area (Å²) in [6.07, 6.45) is 2.21. The van der Waals surface area contributed by atoms with Crippen molar-refractivity contribution >= 4 is 11.8 Å². The minimum Gasteiger partial charge on any atom is -0.362 e. The maximum atomic E-state index is 2.31. The molecule has 6 heavy (non-hydrogen) atoms. The summed E-state index contributed by atoms with van der Waals surface area (Å²) >= 11 is 1.96. The zero-order chi connectivity index (χ0) is 3.98. The predicted molar refractivity (Wildman–Crippen MR) is 27.2 cm³/mol. The first-order valence-corrected chi connectivity index (χ1v) is 3.01. The van der Waals surface area contributed by atoms with Crippen molar-refractivity contribution in [1.82, 2.24) is 4.90 Å². The topological polar surface area (TPSA) is 3.24 Å². The van der Waals surface area contributed by atoms with E-state index in [-0.39, 0.29) is 0 Å². The van der Waals surface area contributed by atoms with Crippen molar-refractivity contribution in [3.05, 3.63) is 11.1 Å². The standard InChI is InChI=1S/C4H5NS/c1-4-2-5(1)3-6-4/h1H,2-3H2. The summed E-state index contributed by atoms with van der Waals surface area (Å²) < 4.78 is 0. The average Bonchev–Trinajstić information content (AvgIpc) is 1.72. The molecule has 0 saturated carbocycles. The molecule has 1 fully saturated rings. The Morgan fingerprint density at radius 3 is 2.83 bits per heavy atom. The van der Waals surface area contributed by atoms with Crippen molar-refractivity contribution < 1.29 is 0 Å². The second-order valence-electron chi connectivity index (χ2n) is 1.62. The Morgan fingerprint density at radius 1 is 1.83 bits per heavy atom. The normalized spacial score (nSPS) is 26.7. The summed E-state index contributed by atoms with van der Waals surface area (Å²) in [4.78, 5) is 3.87. The van der Waals surface area contributed by atoms with Gasteiger partial charge < -0.3 is 4.90 Å². The smallest absolute Gasteiger partial charge is 0.0682 e. The Balaban J connectivity index is 2.39. The molecule has 0 unspecified atom stereocenters. The van der Waals surface area contributed by atoms with Crippen LogP contribution in [0.2, 0.25) is 0 Å². The van der Waals surface area contributed by atoms with Crippen molar-refractivity contribution in [1.29, 1.82) is 0 Å². The van der Waals surface area contributed by atoms with Crippen LogP contribution < -0.4 is 0 Å². The number of hydrogen-bond donors (Lipinski definition) is 0. The van der Waals surface area contributed by atoms with Gasteiger partial charge in [-0.05, 0) is 0 Å². The molecule has 0 radical (unpaired) electrons. The zero-order valence-electron chi connectivity index (χ0n) is 3.35. The highest BCUT2D eigenvalue weighted by molar-refractivity contribution is 8.03. The minimum atomic E-state index is 1.22. The highest BCUT2D eigenvalue weighted by Gasteiger charge is 2.22. The SMILES string of the molecule is C1=C2CN1CS2. The maximum absolute atomic E-state index is 2.31. The zero-order valence-corrected chi connectivity index (χ0v) is 4.16. The van der Waals surface area contributed by atoms with E-state index in [4.69, 9.17) is 0 Å². The largest absolute Gasteiger partial charge is 0.362 e. The lowest BCUT2D eigenvalue weighted by atomic mass is 10.4. The van der Waals surface area contributed by atoms with E-state index in [1.807, 2.05) is 11.8 Å². The van der Waals surface area contributed by atoms with Gasteiger partial charge in [0.05, 0.1) is 12.4 Å². The highest BCUT2D eigenvalue weighted by atomic mass is 32.2. The summed E-state index contributed by atoms with van der Waals surface area (Å²) in [6, 6.07) is 0. The third-order valence-electron chi connectivity index (χ3n) is 1.10. The van der Waals surface area contributed by atoms with Gasteiger partial charge in [0.15, 0.2) is 0 Å². The van der Waals surface area contributed by atoms with Gasteiger partial charge in [0.25, 0.3) is 0 Å². The molecule has 3 aliphatic rings. The van der Waals surface area contributed by atoms with Crippen LogP contribution in [0.4, 0.5) is 0 Å². The fraction of sp³-hybridized carbons (Fsp3) is 0.500. The lowest BCUT2D eigenvalue weighted by molar-refractivity contribution is 0.457. The van der Waals surface area contributed by atoms with E-state index in [0.717, 1.165) is 0 Å². The third kappa shape index (κ3) is 0.196. The van der Waals surface area contributed by atoms with E-state index in [2.05, 4.69) is 11.1 Å². The molecule has 3 rings (SSSR count). The average molecular weight is 99.2 g/mol. The molecule has 0 N–H and O–H groups in total. The van der Waals surface area contributed by atoms with Crippen molar-refractivity contribution in [2.75, 3.05) is 12.4 Å².